The molecule has 0 bridgehead atoms. The van der Waals surface area contributed by atoms with Crippen molar-refractivity contribution in [2.24, 2.45) is 0 Å². The highest BCUT2D eigenvalue weighted by Gasteiger charge is 2.16. The third-order valence-electron chi connectivity index (χ3n) is 2.44. The molecule has 1 aromatic rings. The Labute approximate surface area is 109 Å². The first-order chi connectivity index (χ1) is 8.24. The fraction of sp³-hybridized carbons (Fsp3) is 0.308. The van der Waals surface area contributed by atoms with Gasteiger partial charge in [-0.15, -0.1) is 0 Å². The molecule has 1 aromatic carbocycles. The number of allylic oxidation sites excluding steroid dienone is 1. The van der Waals surface area contributed by atoms with Crippen LogP contribution in [0.4, 0.5) is 0 Å². The average Bonchev–Trinajstić information content (AvgIpc) is 2.32. The maximum atomic E-state index is 11.1. The van der Waals surface area contributed by atoms with Gasteiger partial charge in [0.05, 0.1) is 19.5 Å². The molecule has 1 atom stereocenters. The van der Waals surface area contributed by atoms with Crippen molar-refractivity contribution in [2.75, 3.05) is 6.61 Å². The van der Waals surface area contributed by atoms with E-state index >= 15 is 0 Å². The molecule has 0 amide bonds. The first kappa shape index (κ1) is 12.3. The third-order valence-corrected chi connectivity index (χ3v) is 2.97. The Balaban J connectivity index is 1.74. The van der Waals surface area contributed by atoms with Crippen LogP contribution in [0.15, 0.2) is 41.1 Å². The Morgan fingerprint density at radius 2 is 2.12 bits per heavy atom. The molecule has 0 spiro atoms. The topological polar surface area (TPSA) is 35.5 Å². The van der Waals surface area contributed by atoms with E-state index in [1.165, 1.54) is 12.3 Å². The van der Waals surface area contributed by atoms with Crippen molar-refractivity contribution in [1.82, 2.24) is 0 Å². The Morgan fingerprint density at radius 3 is 2.82 bits per heavy atom. The predicted octanol–water partition coefficient (Wildman–Crippen LogP) is 2.84. The molecule has 17 heavy (non-hydrogen) atoms. The van der Waals surface area contributed by atoms with Crippen LogP contribution >= 0.6 is 15.9 Å². The number of hydrogen-bond donors (Lipinski definition) is 0. The first-order valence-electron chi connectivity index (χ1n) is 5.41. The van der Waals surface area contributed by atoms with Crippen LogP contribution < -0.4 is 0 Å². The normalized spacial score (nSPS) is 19.1. The van der Waals surface area contributed by atoms with E-state index in [0.29, 0.717) is 19.6 Å². The van der Waals surface area contributed by atoms with E-state index in [2.05, 4.69) is 15.9 Å². The van der Waals surface area contributed by atoms with Crippen LogP contribution in [-0.4, -0.2) is 18.5 Å². The number of benzene rings is 1. The van der Waals surface area contributed by atoms with Crippen molar-refractivity contribution in [3.05, 3.63) is 46.6 Å². The van der Waals surface area contributed by atoms with Gasteiger partial charge in [-0.2, -0.15) is 0 Å². The van der Waals surface area contributed by atoms with Gasteiger partial charge >= 0.3 is 0 Å². The van der Waals surface area contributed by atoms with Gasteiger partial charge in [0.2, 0.25) is 0 Å². The lowest BCUT2D eigenvalue weighted by Gasteiger charge is -2.18. The second-order valence-corrected chi connectivity index (χ2v) is 4.79. The Morgan fingerprint density at radius 1 is 1.35 bits per heavy atom. The summed E-state index contributed by atoms with van der Waals surface area (Å²) in [6.07, 6.45) is 3.14. The van der Waals surface area contributed by atoms with Crippen LogP contribution in [-0.2, 0) is 20.9 Å². The predicted molar refractivity (Wildman–Crippen MR) is 67.4 cm³/mol. The molecule has 0 radical (unpaired) electrons. The minimum Gasteiger partial charge on any atom is -0.495 e. The maximum absolute atomic E-state index is 11.1. The fourth-order valence-electron chi connectivity index (χ4n) is 1.55. The molecule has 1 aliphatic rings. The van der Waals surface area contributed by atoms with Gasteiger partial charge in [0, 0.05) is 17.0 Å². The lowest BCUT2D eigenvalue weighted by atomic mass is 10.1. The van der Waals surface area contributed by atoms with Crippen molar-refractivity contribution in [3.8, 4) is 0 Å². The highest BCUT2D eigenvalue weighted by atomic mass is 79.9. The van der Waals surface area contributed by atoms with Crippen LogP contribution in [0, 0.1) is 0 Å². The molecule has 0 aliphatic carbocycles. The van der Waals surface area contributed by atoms with Crippen molar-refractivity contribution in [2.45, 2.75) is 19.1 Å². The number of carbonyl (C=O) groups excluding carboxylic acids is 1. The Bertz CT molecular complexity index is 411. The second kappa shape index (κ2) is 5.98. The molecule has 0 fully saturated rings. The summed E-state index contributed by atoms with van der Waals surface area (Å²) in [5.74, 6) is 0.0912. The fourth-order valence-corrected chi connectivity index (χ4v) is 1.82. The van der Waals surface area contributed by atoms with E-state index < -0.39 is 0 Å². The third kappa shape index (κ3) is 3.98. The monoisotopic (exact) mass is 296 g/mol. The van der Waals surface area contributed by atoms with E-state index in [9.17, 15) is 4.79 Å². The molecule has 2 rings (SSSR count). The van der Waals surface area contributed by atoms with Gasteiger partial charge in [0.15, 0.2) is 5.78 Å². The largest absolute Gasteiger partial charge is 0.495 e. The zero-order valence-electron chi connectivity index (χ0n) is 9.27. The Kier molecular flexibility index (Phi) is 4.34. The molecule has 1 heterocycles. The van der Waals surface area contributed by atoms with E-state index in [4.69, 9.17) is 9.47 Å². The van der Waals surface area contributed by atoms with Gasteiger partial charge in [-0.1, -0.05) is 28.1 Å². The highest BCUT2D eigenvalue weighted by molar-refractivity contribution is 9.10. The summed E-state index contributed by atoms with van der Waals surface area (Å²) in [6.45, 7) is 0.969. The van der Waals surface area contributed by atoms with E-state index in [1.54, 1.807) is 0 Å². The van der Waals surface area contributed by atoms with Crippen molar-refractivity contribution >= 4 is 21.7 Å². The first-order valence-corrected chi connectivity index (χ1v) is 6.20. The van der Waals surface area contributed by atoms with E-state index in [0.717, 1.165) is 10.0 Å². The summed E-state index contributed by atoms with van der Waals surface area (Å²) < 4.78 is 11.8. The lowest BCUT2D eigenvalue weighted by Crippen LogP contribution is -2.23. The number of carbonyl (C=O) groups is 1. The molecule has 90 valence electrons. The molecule has 3 nitrogen and oxygen atoms in total. The molecule has 4 heteroatoms. The minimum atomic E-state index is -0.150. The van der Waals surface area contributed by atoms with Crippen LogP contribution in [0.25, 0.3) is 0 Å². The van der Waals surface area contributed by atoms with Gasteiger partial charge in [0.25, 0.3) is 0 Å². The zero-order valence-corrected chi connectivity index (χ0v) is 10.9. The molecule has 0 N–H and O–H groups in total. The van der Waals surface area contributed by atoms with Gasteiger partial charge in [0.1, 0.15) is 6.10 Å². The SMILES string of the molecule is O=C1C=COC(COCc2ccc(Br)cc2)C1. The molecular weight excluding hydrogens is 284 g/mol. The van der Waals surface area contributed by atoms with Crippen LogP contribution in [0.5, 0.6) is 0 Å². The van der Waals surface area contributed by atoms with Crippen molar-refractivity contribution in [3.63, 3.8) is 0 Å². The van der Waals surface area contributed by atoms with Crippen LogP contribution in [0.1, 0.15) is 12.0 Å². The molecule has 0 saturated heterocycles. The standard InChI is InChI=1S/C13H13BrO3/c14-11-3-1-10(2-4-11)8-16-9-13-7-12(15)5-6-17-13/h1-6,13H,7-9H2. The maximum Gasteiger partial charge on any atom is 0.162 e. The quantitative estimate of drug-likeness (QED) is 0.857. The lowest BCUT2D eigenvalue weighted by molar-refractivity contribution is -0.119. The number of halogens is 1. The molecular formula is C13H13BrO3. The van der Waals surface area contributed by atoms with Crippen LogP contribution in [0.2, 0.25) is 0 Å². The van der Waals surface area contributed by atoms with E-state index in [-0.39, 0.29) is 11.9 Å². The molecule has 1 aliphatic heterocycles. The van der Waals surface area contributed by atoms with Crippen molar-refractivity contribution in [1.29, 1.82) is 0 Å². The molecule has 0 saturated carbocycles. The van der Waals surface area contributed by atoms with Crippen molar-refractivity contribution < 1.29 is 14.3 Å². The smallest absolute Gasteiger partial charge is 0.162 e. The number of ketones is 1. The Hall–Kier alpha value is -1.13. The van der Waals surface area contributed by atoms with E-state index in [1.807, 2.05) is 24.3 Å². The zero-order chi connectivity index (χ0) is 12.1. The summed E-state index contributed by atoms with van der Waals surface area (Å²) in [6, 6.07) is 7.94. The summed E-state index contributed by atoms with van der Waals surface area (Å²) in [5, 5.41) is 0. The molecule has 0 aromatic heterocycles. The summed E-state index contributed by atoms with van der Waals surface area (Å²) >= 11 is 3.38. The number of rotatable bonds is 4. The summed E-state index contributed by atoms with van der Waals surface area (Å²) in [4.78, 5) is 11.1. The van der Waals surface area contributed by atoms with Gasteiger partial charge in [-0.05, 0) is 17.7 Å². The summed E-state index contributed by atoms with van der Waals surface area (Å²) in [5.41, 5.74) is 1.10. The average molecular weight is 297 g/mol. The summed E-state index contributed by atoms with van der Waals surface area (Å²) in [7, 11) is 0. The molecule has 1 unspecified atom stereocenters. The number of ether oxygens (including phenoxy) is 2. The van der Waals surface area contributed by atoms with Gasteiger partial charge in [-0.3, -0.25) is 4.79 Å². The van der Waals surface area contributed by atoms with Gasteiger partial charge in [-0.25, -0.2) is 0 Å². The minimum absolute atomic E-state index is 0.0912. The van der Waals surface area contributed by atoms with Crippen LogP contribution in [0.3, 0.4) is 0 Å². The van der Waals surface area contributed by atoms with Gasteiger partial charge < -0.3 is 9.47 Å². The number of hydrogen-bond acceptors (Lipinski definition) is 3. The highest BCUT2D eigenvalue weighted by Crippen LogP contribution is 2.12. The second-order valence-electron chi connectivity index (χ2n) is 3.87.